The predicted molar refractivity (Wildman–Crippen MR) is 118 cm³/mol. The summed E-state index contributed by atoms with van der Waals surface area (Å²) in [5, 5.41) is 4.05. The van der Waals surface area contributed by atoms with E-state index in [0.717, 1.165) is 22.9 Å². The number of nitrogens with one attached hydrogen (secondary N) is 1. The van der Waals surface area contributed by atoms with Gasteiger partial charge in [-0.25, -0.2) is 13.4 Å². The zero-order valence-electron chi connectivity index (χ0n) is 16.5. The quantitative estimate of drug-likeness (QED) is 0.438. The molecule has 10 heteroatoms. The number of aromatic nitrogens is 4. The molecule has 2 aromatic heterocycles. The number of aromatic amines is 1. The largest absolute Gasteiger partial charge is 0.339 e. The number of halogens is 1. The molecule has 0 bridgehead atoms. The van der Waals surface area contributed by atoms with Crippen molar-refractivity contribution in [2.75, 3.05) is 6.54 Å². The Morgan fingerprint density at radius 3 is 2.81 bits per heavy atom. The van der Waals surface area contributed by atoms with Crippen molar-refractivity contribution in [2.45, 2.75) is 36.9 Å². The van der Waals surface area contributed by atoms with E-state index in [1.54, 1.807) is 6.07 Å². The fraction of sp³-hybridized carbons (Fsp3) is 0.286. The van der Waals surface area contributed by atoms with E-state index in [1.165, 1.54) is 4.31 Å². The van der Waals surface area contributed by atoms with Gasteiger partial charge in [-0.2, -0.15) is 9.29 Å². The Kier molecular flexibility index (Phi) is 5.37. The highest BCUT2D eigenvalue weighted by atomic mass is 79.9. The molecule has 0 amide bonds. The van der Waals surface area contributed by atoms with Gasteiger partial charge in [-0.3, -0.25) is 0 Å². The zero-order chi connectivity index (χ0) is 21.4. The molecule has 5 rings (SSSR count). The number of hydrogen-bond donors (Lipinski definition) is 1. The third-order valence-corrected chi connectivity index (χ3v) is 7.64. The van der Waals surface area contributed by atoms with Gasteiger partial charge in [0, 0.05) is 11.0 Å². The first-order chi connectivity index (χ1) is 15.0. The SMILES string of the molecule is O=S(=O)(c1nc2ccc(Br)cc2[nH]1)N1CCCC[C@H]1c1noc(Cc2ccccc2)n1. The monoisotopic (exact) mass is 501 g/mol. The van der Waals surface area contributed by atoms with Gasteiger partial charge in [-0.15, -0.1) is 0 Å². The first-order valence-corrected chi connectivity index (χ1v) is 12.3. The minimum Gasteiger partial charge on any atom is -0.339 e. The number of benzene rings is 2. The normalized spacial score (nSPS) is 17.9. The van der Waals surface area contributed by atoms with Crippen molar-refractivity contribution >= 4 is 37.0 Å². The van der Waals surface area contributed by atoms with Gasteiger partial charge in [0.25, 0.3) is 10.0 Å². The third-order valence-electron chi connectivity index (χ3n) is 5.41. The molecule has 0 unspecified atom stereocenters. The third kappa shape index (κ3) is 4.02. The van der Waals surface area contributed by atoms with Crippen LogP contribution in [0.4, 0.5) is 0 Å². The molecule has 160 valence electrons. The number of nitrogens with zero attached hydrogens (tertiary/aromatic N) is 4. The average molecular weight is 502 g/mol. The molecule has 0 spiro atoms. The Morgan fingerprint density at radius 1 is 1.13 bits per heavy atom. The highest BCUT2D eigenvalue weighted by Gasteiger charge is 2.38. The lowest BCUT2D eigenvalue weighted by Gasteiger charge is -2.31. The lowest BCUT2D eigenvalue weighted by molar-refractivity contribution is 0.239. The molecule has 2 aromatic carbocycles. The van der Waals surface area contributed by atoms with Crippen molar-refractivity contribution in [1.29, 1.82) is 0 Å². The van der Waals surface area contributed by atoms with Gasteiger partial charge < -0.3 is 9.51 Å². The van der Waals surface area contributed by atoms with Crippen LogP contribution < -0.4 is 0 Å². The average Bonchev–Trinajstić information content (AvgIpc) is 3.41. The Labute approximate surface area is 187 Å². The first-order valence-electron chi connectivity index (χ1n) is 10.0. The van der Waals surface area contributed by atoms with Gasteiger partial charge >= 0.3 is 0 Å². The molecule has 8 nitrogen and oxygen atoms in total. The highest BCUT2D eigenvalue weighted by molar-refractivity contribution is 9.10. The summed E-state index contributed by atoms with van der Waals surface area (Å²) in [6.45, 7) is 0.385. The van der Waals surface area contributed by atoms with Gasteiger partial charge in [0.2, 0.25) is 11.0 Å². The maximum absolute atomic E-state index is 13.5. The Bertz CT molecular complexity index is 1320. The van der Waals surface area contributed by atoms with Crippen molar-refractivity contribution in [3.05, 3.63) is 70.3 Å². The number of piperidine rings is 1. The van der Waals surface area contributed by atoms with Crippen molar-refractivity contribution < 1.29 is 12.9 Å². The van der Waals surface area contributed by atoms with Crippen LogP contribution in [0.2, 0.25) is 0 Å². The molecule has 3 heterocycles. The van der Waals surface area contributed by atoms with E-state index >= 15 is 0 Å². The summed E-state index contributed by atoms with van der Waals surface area (Å²) in [7, 11) is -3.85. The summed E-state index contributed by atoms with van der Waals surface area (Å²) in [6, 6.07) is 14.8. The lowest BCUT2D eigenvalue weighted by atomic mass is 10.0. The van der Waals surface area contributed by atoms with E-state index < -0.39 is 16.1 Å². The summed E-state index contributed by atoms with van der Waals surface area (Å²) in [4.78, 5) is 11.8. The second-order valence-corrected chi connectivity index (χ2v) is 10.3. The second-order valence-electron chi connectivity index (χ2n) is 7.54. The number of fused-ring (bicyclic) bond motifs is 1. The van der Waals surface area contributed by atoms with Crippen LogP contribution in [0.3, 0.4) is 0 Å². The molecule has 1 atom stereocenters. The van der Waals surface area contributed by atoms with E-state index in [2.05, 4.69) is 36.0 Å². The summed E-state index contributed by atoms with van der Waals surface area (Å²) in [5.74, 6) is 0.866. The molecule has 1 fully saturated rings. The number of rotatable bonds is 5. The number of hydrogen-bond acceptors (Lipinski definition) is 6. The minimum absolute atomic E-state index is 0.0690. The first kappa shape index (κ1) is 20.3. The molecule has 1 N–H and O–H groups in total. The summed E-state index contributed by atoms with van der Waals surface area (Å²) in [6.07, 6.45) is 2.81. The van der Waals surface area contributed by atoms with Crippen LogP contribution in [-0.2, 0) is 16.4 Å². The van der Waals surface area contributed by atoms with Gasteiger partial charge in [0.1, 0.15) is 0 Å². The van der Waals surface area contributed by atoms with E-state index in [-0.39, 0.29) is 5.16 Å². The van der Waals surface area contributed by atoms with Gasteiger partial charge in [0.05, 0.1) is 23.5 Å². The Hall–Kier alpha value is -2.56. The smallest absolute Gasteiger partial charge is 0.277 e. The molecule has 31 heavy (non-hydrogen) atoms. The van der Waals surface area contributed by atoms with Crippen LogP contribution in [0, 0.1) is 0 Å². The molecule has 1 aliphatic heterocycles. The molecule has 4 aromatic rings. The molecule has 0 aliphatic carbocycles. The van der Waals surface area contributed by atoms with Crippen molar-refractivity contribution in [2.24, 2.45) is 0 Å². The maximum Gasteiger partial charge on any atom is 0.277 e. The molecular weight excluding hydrogens is 482 g/mol. The van der Waals surface area contributed by atoms with Crippen molar-refractivity contribution in [1.82, 2.24) is 24.4 Å². The van der Waals surface area contributed by atoms with Crippen LogP contribution >= 0.6 is 15.9 Å². The fourth-order valence-corrected chi connectivity index (χ4v) is 5.83. The highest BCUT2D eigenvalue weighted by Crippen LogP contribution is 2.34. The fourth-order valence-electron chi connectivity index (χ4n) is 3.89. The topological polar surface area (TPSA) is 105 Å². The van der Waals surface area contributed by atoms with Crippen LogP contribution in [0.5, 0.6) is 0 Å². The molecule has 1 aliphatic rings. The van der Waals surface area contributed by atoms with E-state index in [9.17, 15) is 8.42 Å². The predicted octanol–water partition coefficient (Wildman–Crippen LogP) is 4.22. The second kappa shape index (κ2) is 8.18. The summed E-state index contributed by atoms with van der Waals surface area (Å²) < 4.78 is 34.6. The van der Waals surface area contributed by atoms with Gasteiger partial charge in [0.15, 0.2) is 5.82 Å². The van der Waals surface area contributed by atoms with Crippen molar-refractivity contribution in [3.8, 4) is 0 Å². The standard InChI is InChI=1S/C21H20BrN5O3S/c22-15-9-10-16-17(13-15)24-21(23-16)31(28,29)27-11-5-4-8-18(27)20-25-19(30-26-20)12-14-6-2-1-3-7-14/h1-3,6-7,9-10,13,18H,4-5,8,11-12H2,(H,23,24)/t18-/m0/s1. The Balaban J connectivity index is 1.45. The van der Waals surface area contributed by atoms with E-state index in [1.807, 2.05) is 42.5 Å². The lowest BCUT2D eigenvalue weighted by Crippen LogP contribution is -2.39. The molecule has 0 saturated carbocycles. The van der Waals surface area contributed by atoms with Crippen LogP contribution in [0.1, 0.15) is 42.6 Å². The number of imidazole rings is 1. The molecular formula is C21H20BrN5O3S. The zero-order valence-corrected chi connectivity index (χ0v) is 18.9. The number of sulfonamides is 1. The van der Waals surface area contributed by atoms with Gasteiger partial charge in [-0.05, 0) is 36.6 Å². The van der Waals surface area contributed by atoms with E-state index in [4.69, 9.17) is 4.52 Å². The molecule has 1 saturated heterocycles. The summed E-state index contributed by atoms with van der Waals surface area (Å²) >= 11 is 3.40. The van der Waals surface area contributed by atoms with Crippen LogP contribution in [0.15, 0.2) is 62.7 Å². The molecule has 0 radical (unpaired) electrons. The van der Waals surface area contributed by atoms with Gasteiger partial charge in [-0.1, -0.05) is 57.8 Å². The maximum atomic E-state index is 13.5. The van der Waals surface area contributed by atoms with Crippen molar-refractivity contribution in [3.63, 3.8) is 0 Å². The van der Waals surface area contributed by atoms with Crippen LogP contribution in [0.25, 0.3) is 11.0 Å². The van der Waals surface area contributed by atoms with E-state index in [0.29, 0.717) is 42.1 Å². The Morgan fingerprint density at radius 2 is 1.97 bits per heavy atom. The minimum atomic E-state index is -3.85. The number of H-pyrrole nitrogens is 1. The summed E-state index contributed by atoms with van der Waals surface area (Å²) in [5.41, 5.74) is 2.31. The van der Waals surface area contributed by atoms with Crippen LogP contribution in [-0.4, -0.2) is 39.4 Å².